The SMILES string of the molecule is O=C(NC1CCCS(=O)(=O)C1)OCC(F)(F)F. The minimum Gasteiger partial charge on any atom is -0.440 e. The number of alkyl halides is 3. The Morgan fingerprint density at radius 3 is 2.59 bits per heavy atom. The molecule has 1 saturated heterocycles. The van der Waals surface area contributed by atoms with Gasteiger partial charge in [0.15, 0.2) is 16.4 Å². The highest BCUT2D eigenvalue weighted by atomic mass is 32.2. The van der Waals surface area contributed by atoms with Crippen LogP contribution in [0.2, 0.25) is 0 Å². The number of alkyl carbamates (subject to hydrolysis) is 1. The molecule has 1 amide bonds. The van der Waals surface area contributed by atoms with E-state index in [0.29, 0.717) is 12.8 Å². The highest BCUT2D eigenvalue weighted by Gasteiger charge is 2.31. The molecule has 1 fully saturated rings. The zero-order chi connectivity index (χ0) is 13.1. The number of sulfone groups is 1. The van der Waals surface area contributed by atoms with Crippen molar-refractivity contribution in [2.75, 3.05) is 18.1 Å². The van der Waals surface area contributed by atoms with Gasteiger partial charge in [0.1, 0.15) is 0 Å². The average Bonchev–Trinajstić information content (AvgIpc) is 2.12. The van der Waals surface area contributed by atoms with Gasteiger partial charge in [-0.25, -0.2) is 13.2 Å². The van der Waals surface area contributed by atoms with Crippen LogP contribution in [-0.4, -0.2) is 44.8 Å². The lowest BCUT2D eigenvalue weighted by Crippen LogP contribution is -2.44. The van der Waals surface area contributed by atoms with Gasteiger partial charge < -0.3 is 10.1 Å². The Morgan fingerprint density at radius 2 is 2.06 bits per heavy atom. The molecule has 1 atom stereocenters. The zero-order valence-electron chi connectivity index (χ0n) is 8.79. The fourth-order valence-corrected chi connectivity index (χ4v) is 3.13. The third kappa shape index (κ3) is 5.76. The van der Waals surface area contributed by atoms with E-state index in [2.05, 4.69) is 10.1 Å². The van der Waals surface area contributed by atoms with Crippen LogP contribution in [0.25, 0.3) is 0 Å². The molecule has 1 unspecified atom stereocenters. The molecule has 0 aromatic carbocycles. The first-order valence-corrected chi connectivity index (χ1v) is 6.70. The number of ether oxygens (including phenoxy) is 1. The Balaban J connectivity index is 2.36. The molecule has 0 saturated carbocycles. The molecule has 100 valence electrons. The van der Waals surface area contributed by atoms with E-state index in [1.807, 2.05) is 0 Å². The molecule has 1 heterocycles. The van der Waals surface area contributed by atoms with Crippen LogP contribution >= 0.6 is 0 Å². The summed E-state index contributed by atoms with van der Waals surface area (Å²) in [6, 6.07) is -0.672. The third-order valence-corrected chi connectivity index (χ3v) is 3.97. The average molecular weight is 275 g/mol. The van der Waals surface area contributed by atoms with E-state index in [-0.39, 0.29) is 11.5 Å². The van der Waals surface area contributed by atoms with E-state index in [1.54, 1.807) is 0 Å². The van der Waals surface area contributed by atoms with Gasteiger partial charge in [-0.1, -0.05) is 0 Å². The topological polar surface area (TPSA) is 72.5 Å². The number of amides is 1. The van der Waals surface area contributed by atoms with Crippen molar-refractivity contribution in [3.8, 4) is 0 Å². The number of nitrogens with one attached hydrogen (secondary N) is 1. The van der Waals surface area contributed by atoms with Gasteiger partial charge in [0.25, 0.3) is 0 Å². The summed E-state index contributed by atoms with van der Waals surface area (Å²) < 4.78 is 61.4. The highest BCUT2D eigenvalue weighted by molar-refractivity contribution is 7.91. The summed E-state index contributed by atoms with van der Waals surface area (Å²) in [6.07, 6.45) is -5.03. The second-order valence-corrected chi connectivity index (χ2v) is 6.02. The Labute approximate surface area is 96.2 Å². The van der Waals surface area contributed by atoms with Crippen molar-refractivity contribution < 1.29 is 31.1 Å². The second kappa shape index (κ2) is 5.11. The maximum atomic E-state index is 11.7. The predicted octanol–water partition coefficient (Wildman–Crippen LogP) is 0.852. The number of rotatable bonds is 2. The summed E-state index contributed by atoms with van der Waals surface area (Å²) in [4.78, 5) is 10.9. The van der Waals surface area contributed by atoms with E-state index in [0.717, 1.165) is 0 Å². The first-order chi connectivity index (χ1) is 7.68. The summed E-state index contributed by atoms with van der Waals surface area (Å²) >= 11 is 0. The summed E-state index contributed by atoms with van der Waals surface area (Å²) in [5.74, 6) is -0.211. The largest absolute Gasteiger partial charge is 0.440 e. The van der Waals surface area contributed by atoms with Gasteiger partial charge in [-0.05, 0) is 12.8 Å². The Morgan fingerprint density at radius 1 is 1.41 bits per heavy atom. The van der Waals surface area contributed by atoms with Gasteiger partial charge >= 0.3 is 12.3 Å². The monoisotopic (exact) mass is 275 g/mol. The minimum atomic E-state index is -4.59. The first-order valence-electron chi connectivity index (χ1n) is 4.88. The fourth-order valence-electron chi connectivity index (χ4n) is 1.49. The number of hydrogen-bond donors (Lipinski definition) is 1. The fraction of sp³-hybridized carbons (Fsp3) is 0.875. The lowest BCUT2D eigenvalue weighted by Gasteiger charge is -2.22. The molecular weight excluding hydrogens is 263 g/mol. The van der Waals surface area contributed by atoms with Gasteiger partial charge in [-0.2, -0.15) is 13.2 Å². The normalized spacial score (nSPS) is 24.1. The smallest absolute Gasteiger partial charge is 0.422 e. The van der Waals surface area contributed by atoms with Crippen molar-refractivity contribution in [1.29, 1.82) is 0 Å². The molecule has 5 nitrogen and oxygen atoms in total. The minimum absolute atomic E-state index is 0.0444. The Bertz CT molecular complexity index is 379. The summed E-state index contributed by atoms with van der Waals surface area (Å²) in [6.45, 7) is -1.68. The second-order valence-electron chi connectivity index (χ2n) is 3.79. The lowest BCUT2D eigenvalue weighted by molar-refractivity contribution is -0.160. The molecule has 0 radical (unpaired) electrons. The Hall–Kier alpha value is -0.990. The molecule has 1 aliphatic heterocycles. The summed E-state index contributed by atoms with van der Waals surface area (Å²) in [5.41, 5.74) is 0. The van der Waals surface area contributed by atoms with Crippen LogP contribution in [0.5, 0.6) is 0 Å². The summed E-state index contributed by atoms with van der Waals surface area (Å²) in [7, 11) is -3.21. The van der Waals surface area contributed by atoms with Crippen LogP contribution < -0.4 is 5.32 Å². The Kier molecular flexibility index (Phi) is 4.23. The molecular formula is C8H12F3NO4S. The lowest BCUT2D eigenvalue weighted by atomic mass is 10.2. The van der Waals surface area contributed by atoms with Crippen LogP contribution in [-0.2, 0) is 14.6 Å². The van der Waals surface area contributed by atoms with Crippen molar-refractivity contribution in [2.45, 2.75) is 25.1 Å². The molecule has 0 aromatic heterocycles. The van der Waals surface area contributed by atoms with Crippen LogP contribution in [0.3, 0.4) is 0 Å². The van der Waals surface area contributed by atoms with E-state index in [1.165, 1.54) is 0 Å². The molecule has 1 N–H and O–H groups in total. The van der Waals surface area contributed by atoms with Gasteiger partial charge in [-0.3, -0.25) is 0 Å². The maximum absolute atomic E-state index is 11.7. The molecule has 0 aromatic rings. The molecule has 1 rings (SSSR count). The summed E-state index contributed by atoms with van der Waals surface area (Å²) in [5, 5.41) is 2.11. The molecule has 1 aliphatic rings. The molecule has 0 bridgehead atoms. The van der Waals surface area contributed by atoms with Gasteiger partial charge in [0, 0.05) is 6.04 Å². The van der Waals surface area contributed by atoms with Crippen molar-refractivity contribution in [1.82, 2.24) is 5.32 Å². The van der Waals surface area contributed by atoms with Gasteiger partial charge in [0.2, 0.25) is 0 Å². The van der Waals surface area contributed by atoms with Crippen molar-refractivity contribution >= 4 is 15.9 Å². The number of halogens is 3. The number of hydrogen-bond acceptors (Lipinski definition) is 4. The third-order valence-electron chi connectivity index (χ3n) is 2.15. The van der Waals surface area contributed by atoms with Crippen molar-refractivity contribution in [2.24, 2.45) is 0 Å². The van der Waals surface area contributed by atoms with Crippen LogP contribution in [0, 0.1) is 0 Å². The standard InChI is InChI=1S/C8H12F3NO4S/c9-8(10,11)5-16-7(13)12-6-2-1-3-17(14,15)4-6/h6H,1-5H2,(H,12,13). The van der Waals surface area contributed by atoms with Crippen molar-refractivity contribution in [3.63, 3.8) is 0 Å². The highest BCUT2D eigenvalue weighted by Crippen LogP contribution is 2.15. The molecule has 0 spiro atoms. The van der Waals surface area contributed by atoms with Crippen molar-refractivity contribution in [3.05, 3.63) is 0 Å². The molecule has 0 aliphatic carbocycles. The van der Waals surface area contributed by atoms with E-state index in [9.17, 15) is 26.4 Å². The maximum Gasteiger partial charge on any atom is 0.422 e. The first kappa shape index (κ1) is 14.1. The number of carbonyl (C=O) groups is 1. The zero-order valence-corrected chi connectivity index (χ0v) is 9.60. The quantitative estimate of drug-likeness (QED) is 0.811. The van der Waals surface area contributed by atoms with Crippen LogP contribution in [0.4, 0.5) is 18.0 Å². The predicted molar refractivity (Wildman–Crippen MR) is 52.2 cm³/mol. The van der Waals surface area contributed by atoms with E-state index >= 15 is 0 Å². The van der Waals surface area contributed by atoms with Gasteiger partial charge in [0.05, 0.1) is 11.5 Å². The molecule has 17 heavy (non-hydrogen) atoms. The molecule has 9 heteroatoms. The number of carbonyl (C=O) groups excluding carboxylic acids is 1. The van der Waals surface area contributed by atoms with Crippen LogP contribution in [0.15, 0.2) is 0 Å². The van der Waals surface area contributed by atoms with Crippen LogP contribution in [0.1, 0.15) is 12.8 Å². The van der Waals surface area contributed by atoms with E-state index < -0.39 is 34.8 Å². The van der Waals surface area contributed by atoms with Gasteiger partial charge in [-0.15, -0.1) is 0 Å². The van der Waals surface area contributed by atoms with E-state index in [4.69, 9.17) is 0 Å².